The van der Waals surface area contributed by atoms with E-state index >= 15 is 0 Å². The van der Waals surface area contributed by atoms with Crippen molar-refractivity contribution >= 4 is 22.8 Å². The zero-order valence-corrected chi connectivity index (χ0v) is 15.2. The lowest BCUT2D eigenvalue weighted by Gasteiger charge is -2.40. The first-order chi connectivity index (χ1) is 11.3. The van der Waals surface area contributed by atoms with Gasteiger partial charge in [0.1, 0.15) is 5.67 Å². The van der Waals surface area contributed by atoms with Gasteiger partial charge in [-0.15, -0.1) is 0 Å². The normalized spacial score (nSPS) is 25.0. The molecule has 1 aromatic carbocycles. The topological polar surface area (TPSA) is 41.5 Å². The summed E-state index contributed by atoms with van der Waals surface area (Å²) in [4.78, 5) is 16.1. The van der Waals surface area contributed by atoms with E-state index in [-0.39, 0.29) is 17.2 Å². The molecular weight excluding hydrogens is 356 g/mol. The fourth-order valence-electron chi connectivity index (χ4n) is 2.50. The molecule has 1 fully saturated rings. The number of hydrogen-bond donors (Lipinski definition) is 1. The predicted octanol–water partition coefficient (Wildman–Crippen LogP) is 4.88. The zero-order valence-electron chi connectivity index (χ0n) is 14.4. The van der Waals surface area contributed by atoms with Gasteiger partial charge in [-0.05, 0) is 39.3 Å². The maximum absolute atomic E-state index is 14.5. The molecule has 1 saturated heterocycles. The number of hydrogen-bond acceptors (Lipinski definition) is 3. The third-order valence-corrected chi connectivity index (χ3v) is 5.83. The van der Waals surface area contributed by atoms with Crippen molar-refractivity contribution < 1.29 is 22.4 Å². The smallest absolute Gasteiger partial charge is 0.305 e. The molecule has 1 aliphatic rings. The Bertz CT molecular complexity index is 697. The predicted molar refractivity (Wildman–Crippen MR) is 91.2 cm³/mol. The van der Waals surface area contributed by atoms with Crippen LogP contribution in [0, 0.1) is 0 Å². The van der Waals surface area contributed by atoms with Crippen LogP contribution in [0.3, 0.4) is 0 Å². The maximum atomic E-state index is 14.5. The average Bonchev–Trinajstić information content (AvgIpc) is 2.44. The van der Waals surface area contributed by atoms with Crippen molar-refractivity contribution in [2.45, 2.75) is 56.7 Å². The van der Waals surface area contributed by atoms with Gasteiger partial charge in [0.05, 0.1) is 16.4 Å². The van der Waals surface area contributed by atoms with Gasteiger partial charge in [0.15, 0.2) is 5.17 Å². The molecule has 3 nitrogen and oxygen atoms in total. The highest BCUT2D eigenvalue weighted by Crippen LogP contribution is 2.44. The summed E-state index contributed by atoms with van der Waals surface area (Å²) in [6.45, 7) is 5.87. The molecule has 1 aliphatic heterocycles. The molecule has 1 amide bonds. The van der Waals surface area contributed by atoms with Crippen LogP contribution < -0.4 is 5.32 Å². The van der Waals surface area contributed by atoms with Crippen molar-refractivity contribution in [3.63, 3.8) is 0 Å². The molecule has 1 heterocycles. The van der Waals surface area contributed by atoms with Crippen molar-refractivity contribution in [3.05, 3.63) is 35.4 Å². The molecule has 25 heavy (non-hydrogen) atoms. The molecule has 2 rings (SSSR count). The number of aliphatic imine (C=N–C) groups is 1. The Morgan fingerprint density at radius 2 is 1.84 bits per heavy atom. The van der Waals surface area contributed by atoms with Gasteiger partial charge in [-0.1, -0.05) is 30.0 Å². The van der Waals surface area contributed by atoms with Crippen LogP contribution in [0.4, 0.5) is 17.6 Å². The Labute approximate surface area is 148 Å². The van der Waals surface area contributed by atoms with Crippen molar-refractivity contribution in [2.24, 2.45) is 4.99 Å². The Balaban J connectivity index is 2.36. The summed E-state index contributed by atoms with van der Waals surface area (Å²) in [6.07, 6.45) is -4.53. The van der Waals surface area contributed by atoms with Gasteiger partial charge >= 0.3 is 6.18 Å². The van der Waals surface area contributed by atoms with Gasteiger partial charge in [-0.25, -0.2) is 4.39 Å². The van der Waals surface area contributed by atoms with Crippen LogP contribution in [-0.4, -0.2) is 21.5 Å². The molecule has 0 saturated carbocycles. The van der Waals surface area contributed by atoms with E-state index in [0.29, 0.717) is 0 Å². The number of carbonyl (C=O) groups excluding carboxylic acids is 1. The number of amides is 1. The lowest BCUT2D eigenvalue weighted by Crippen LogP contribution is -2.52. The van der Waals surface area contributed by atoms with E-state index in [0.717, 1.165) is 17.8 Å². The van der Waals surface area contributed by atoms with Gasteiger partial charge in [-0.3, -0.25) is 9.79 Å². The monoisotopic (exact) mass is 376 g/mol. The number of nitrogens with one attached hydrogen (secondary N) is 1. The van der Waals surface area contributed by atoms with Crippen LogP contribution in [0.1, 0.15) is 51.3 Å². The largest absolute Gasteiger partial charge is 0.416 e. The second-order valence-corrected chi connectivity index (χ2v) is 8.22. The number of carbonyl (C=O) groups is 1. The number of benzene rings is 1. The summed E-state index contributed by atoms with van der Waals surface area (Å²) in [7, 11) is 0. The van der Waals surface area contributed by atoms with Crippen LogP contribution in [-0.2, 0) is 11.0 Å². The minimum Gasteiger partial charge on any atom is -0.305 e. The number of thioether (sulfide) groups is 1. The first-order valence-corrected chi connectivity index (χ1v) is 8.57. The van der Waals surface area contributed by atoms with Gasteiger partial charge < -0.3 is 5.32 Å². The SMILES string of the molecule is CC(N=C1NC(=O)C[C@](C)(C(C)(C)F)S1)c1ccccc1C(F)(F)F. The second-order valence-electron chi connectivity index (χ2n) is 6.73. The third kappa shape index (κ3) is 4.34. The van der Waals surface area contributed by atoms with Crippen molar-refractivity contribution in [1.29, 1.82) is 0 Å². The number of nitrogens with zero attached hydrogens (tertiary/aromatic N) is 1. The number of rotatable bonds is 3. The fourth-order valence-corrected chi connectivity index (χ4v) is 3.75. The molecule has 1 N–H and O–H groups in total. The van der Waals surface area contributed by atoms with Crippen LogP contribution in [0.25, 0.3) is 0 Å². The molecule has 0 spiro atoms. The van der Waals surface area contributed by atoms with Crippen molar-refractivity contribution in [3.8, 4) is 0 Å². The summed E-state index contributed by atoms with van der Waals surface area (Å²) >= 11 is 1.04. The van der Waals surface area contributed by atoms with Crippen LogP contribution in [0.15, 0.2) is 29.3 Å². The summed E-state index contributed by atoms with van der Waals surface area (Å²) in [5.74, 6) is -0.401. The summed E-state index contributed by atoms with van der Waals surface area (Å²) in [5.41, 5.74) is -2.43. The quantitative estimate of drug-likeness (QED) is 0.764. The van der Waals surface area contributed by atoms with E-state index in [2.05, 4.69) is 10.3 Å². The van der Waals surface area contributed by atoms with Crippen LogP contribution in [0.2, 0.25) is 0 Å². The van der Waals surface area contributed by atoms with Gasteiger partial charge in [0, 0.05) is 6.42 Å². The molecule has 0 radical (unpaired) electrons. The number of alkyl halides is 4. The van der Waals surface area contributed by atoms with Gasteiger partial charge in [-0.2, -0.15) is 13.2 Å². The Morgan fingerprint density at radius 3 is 2.40 bits per heavy atom. The number of halogens is 4. The number of amidine groups is 1. The summed E-state index contributed by atoms with van der Waals surface area (Å²) < 4.78 is 52.9. The molecule has 0 bridgehead atoms. The average molecular weight is 376 g/mol. The van der Waals surface area contributed by atoms with E-state index < -0.39 is 34.1 Å². The van der Waals surface area contributed by atoms with Crippen LogP contribution >= 0.6 is 11.8 Å². The molecule has 138 valence electrons. The lowest BCUT2D eigenvalue weighted by atomic mass is 9.90. The van der Waals surface area contributed by atoms with Crippen molar-refractivity contribution in [2.75, 3.05) is 0 Å². The highest BCUT2D eigenvalue weighted by atomic mass is 32.2. The van der Waals surface area contributed by atoms with E-state index in [4.69, 9.17) is 0 Å². The lowest BCUT2D eigenvalue weighted by molar-refractivity contribution is -0.138. The van der Waals surface area contributed by atoms with Crippen LogP contribution in [0.5, 0.6) is 0 Å². The van der Waals surface area contributed by atoms with E-state index in [1.54, 1.807) is 6.92 Å². The first kappa shape index (κ1) is 19.8. The first-order valence-electron chi connectivity index (χ1n) is 7.75. The highest BCUT2D eigenvalue weighted by Gasteiger charge is 2.48. The highest BCUT2D eigenvalue weighted by molar-refractivity contribution is 8.15. The Morgan fingerprint density at radius 1 is 1.24 bits per heavy atom. The van der Waals surface area contributed by atoms with Gasteiger partial charge in [0.2, 0.25) is 5.91 Å². The molecule has 2 atom stereocenters. The minimum atomic E-state index is -4.50. The fraction of sp³-hybridized carbons (Fsp3) is 0.529. The molecule has 8 heteroatoms. The molecule has 0 aromatic heterocycles. The summed E-state index contributed by atoms with van der Waals surface area (Å²) in [5, 5.41) is 2.66. The Kier molecular flexibility index (Phi) is 5.23. The maximum Gasteiger partial charge on any atom is 0.416 e. The Hall–Kier alpha value is -1.57. The molecule has 1 unspecified atom stereocenters. The standard InChI is InChI=1S/C17H20F4N2OS/c1-10(11-7-5-6-8-12(11)17(19,20)21)22-14-23-13(24)9-16(4,25-14)15(2,3)18/h5-8,10H,9H2,1-4H3,(H,22,23,24)/t10?,16-/m1/s1. The molecule has 1 aromatic rings. The third-order valence-electron chi connectivity index (χ3n) is 4.35. The van der Waals surface area contributed by atoms with Crippen molar-refractivity contribution in [1.82, 2.24) is 5.32 Å². The van der Waals surface area contributed by atoms with E-state index in [9.17, 15) is 22.4 Å². The zero-order chi connectivity index (χ0) is 19.0. The molecular formula is C17H20F4N2OS. The molecule has 0 aliphatic carbocycles. The summed E-state index contributed by atoms with van der Waals surface area (Å²) in [6, 6.07) is 4.32. The minimum absolute atomic E-state index is 0.00383. The van der Waals surface area contributed by atoms with E-state index in [1.165, 1.54) is 39.0 Å². The second kappa shape index (κ2) is 6.63. The van der Waals surface area contributed by atoms with Gasteiger partial charge in [0.25, 0.3) is 0 Å². The van der Waals surface area contributed by atoms with E-state index in [1.807, 2.05) is 0 Å².